The first kappa shape index (κ1) is 21.6. The Kier molecular flexibility index (Phi) is 9.36. The third-order valence-electron chi connectivity index (χ3n) is 3.81. The van der Waals surface area contributed by atoms with Gasteiger partial charge in [-0.2, -0.15) is 0 Å². The molecule has 1 aromatic carbocycles. The SMILES string of the molecule is CCCCC(CN(O)C=O)C(=O)NC(C(=O)OC(C)C)c1ccccc1. The van der Waals surface area contributed by atoms with Gasteiger partial charge < -0.3 is 10.1 Å². The molecule has 144 valence electrons. The summed E-state index contributed by atoms with van der Waals surface area (Å²) in [6.45, 7) is 5.33. The van der Waals surface area contributed by atoms with E-state index in [2.05, 4.69) is 5.32 Å². The van der Waals surface area contributed by atoms with Gasteiger partial charge in [0.25, 0.3) is 0 Å². The van der Waals surface area contributed by atoms with E-state index in [9.17, 15) is 19.6 Å². The van der Waals surface area contributed by atoms with Crippen molar-refractivity contribution in [3.05, 3.63) is 35.9 Å². The zero-order valence-electron chi connectivity index (χ0n) is 15.6. The number of hydrogen-bond donors (Lipinski definition) is 2. The second-order valence-electron chi connectivity index (χ2n) is 6.40. The van der Waals surface area contributed by atoms with Gasteiger partial charge in [-0.1, -0.05) is 50.1 Å². The number of nitrogens with one attached hydrogen (secondary N) is 1. The number of ether oxygens (including phenoxy) is 1. The molecule has 0 fully saturated rings. The van der Waals surface area contributed by atoms with Gasteiger partial charge in [0.15, 0.2) is 6.04 Å². The first-order chi connectivity index (χ1) is 12.4. The number of esters is 1. The van der Waals surface area contributed by atoms with Crippen molar-refractivity contribution in [2.45, 2.75) is 52.2 Å². The number of rotatable bonds is 11. The van der Waals surface area contributed by atoms with E-state index in [-0.39, 0.29) is 19.1 Å². The van der Waals surface area contributed by atoms with Crippen LogP contribution in [0.4, 0.5) is 0 Å². The summed E-state index contributed by atoms with van der Waals surface area (Å²) < 4.78 is 5.26. The second-order valence-corrected chi connectivity index (χ2v) is 6.40. The Morgan fingerprint density at radius 2 is 1.92 bits per heavy atom. The third-order valence-corrected chi connectivity index (χ3v) is 3.81. The number of carbonyl (C=O) groups excluding carboxylic acids is 3. The molecular weight excluding hydrogens is 336 g/mol. The molecule has 0 aliphatic heterocycles. The summed E-state index contributed by atoms with van der Waals surface area (Å²) in [4.78, 5) is 35.8. The van der Waals surface area contributed by atoms with E-state index in [0.717, 1.165) is 12.8 Å². The zero-order chi connectivity index (χ0) is 19.5. The number of hydroxylamine groups is 2. The van der Waals surface area contributed by atoms with Crippen LogP contribution in [-0.2, 0) is 19.1 Å². The molecule has 2 amide bonds. The van der Waals surface area contributed by atoms with Crippen molar-refractivity contribution in [2.24, 2.45) is 5.92 Å². The summed E-state index contributed by atoms with van der Waals surface area (Å²) in [7, 11) is 0. The lowest BCUT2D eigenvalue weighted by atomic mass is 9.99. The van der Waals surface area contributed by atoms with Gasteiger partial charge in [0, 0.05) is 0 Å². The molecule has 26 heavy (non-hydrogen) atoms. The minimum atomic E-state index is -0.946. The summed E-state index contributed by atoms with van der Waals surface area (Å²) >= 11 is 0. The molecule has 0 bridgehead atoms. The average molecular weight is 364 g/mol. The summed E-state index contributed by atoms with van der Waals surface area (Å²) in [5.41, 5.74) is 0.608. The Morgan fingerprint density at radius 1 is 1.27 bits per heavy atom. The number of unbranched alkanes of at least 4 members (excludes halogenated alkanes) is 1. The van der Waals surface area contributed by atoms with Crippen molar-refractivity contribution in [3.63, 3.8) is 0 Å². The summed E-state index contributed by atoms with van der Waals surface area (Å²) in [5.74, 6) is -1.58. The fraction of sp³-hybridized carbons (Fsp3) is 0.526. The molecule has 0 aliphatic carbocycles. The monoisotopic (exact) mass is 364 g/mol. The van der Waals surface area contributed by atoms with Crippen molar-refractivity contribution in [1.82, 2.24) is 10.4 Å². The summed E-state index contributed by atoms with van der Waals surface area (Å²) in [6.07, 6.45) is 2.07. The Hall–Kier alpha value is -2.41. The summed E-state index contributed by atoms with van der Waals surface area (Å²) in [5, 5.41) is 12.6. The van der Waals surface area contributed by atoms with Crippen molar-refractivity contribution < 1.29 is 24.3 Å². The van der Waals surface area contributed by atoms with E-state index in [4.69, 9.17) is 4.74 Å². The lowest BCUT2D eigenvalue weighted by Crippen LogP contribution is -2.42. The van der Waals surface area contributed by atoms with Gasteiger partial charge >= 0.3 is 5.97 Å². The fourth-order valence-corrected chi connectivity index (χ4v) is 2.51. The number of amides is 2. The topological polar surface area (TPSA) is 95.9 Å². The van der Waals surface area contributed by atoms with Crippen LogP contribution in [0, 0.1) is 5.92 Å². The molecule has 0 heterocycles. The van der Waals surface area contributed by atoms with Gasteiger partial charge in [-0.25, -0.2) is 9.86 Å². The molecule has 2 N–H and O–H groups in total. The van der Waals surface area contributed by atoms with Gasteiger partial charge in [-0.15, -0.1) is 0 Å². The smallest absolute Gasteiger partial charge is 0.333 e. The van der Waals surface area contributed by atoms with Gasteiger partial charge in [0.05, 0.1) is 18.6 Å². The van der Waals surface area contributed by atoms with Crippen molar-refractivity contribution in [3.8, 4) is 0 Å². The van der Waals surface area contributed by atoms with Gasteiger partial charge in [0.1, 0.15) is 0 Å². The standard InChI is InChI=1S/C19H28N2O5/c1-4-5-9-16(12-21(25)13-22)18(23)20-17(19(24)26-14(2)3)15-10-7-6-8-11-15/h6-8,10-11,13-14,16-17,25H,4-5,9,12H2,1-3H3,(H,20,23). The highest BCUT2D eigenvalue weighted by Crippen LogP contribution is 2.18. The molecule has 0 spiro atoms. The van der Waals surface area contributed by atoms with Crippen LogP contribution in [0.2, 0.25) is 0 Å². The predicted molar refractivity (Wildman–Crippen MR) is 96.1 cm³/mol. The van der Waals surface area contributed by atoms with Crippen molar-refractivity contribution in [2.75, 3.05) is 6.54 Å². The lowest BCUT2D eigenvalue weighted by Gasteiger charge is -2.24. The Morgan fingerprint density at radius 3 is 2.46 bits per heavy atom. The fourth-order valence-electron chi connectivity index (χ4n) is 2.51. The molecule has 7 nitrogen and oxygen atoms in total. The van der Waals surface area contributed by atoms with E-state index in [1.807, 2.05) is 13.0 Å². The molecule has 7 heteroatoms. The van der Waals surface area contributed by atoms with Crippen LogP contribution in [0.25, 0.3) is 0 Å². The first-order valence-corrected chi connectivity index (χ1v) is 8.85. The van der Waals surface area contributed by atoms with Gasteiger partial charge in [-0.3, -0.25) is 14.8 Å². The van der Waals surface area contributed by atoms with Crippen LogP contribution in [0.5, 0.6) is 0 Å². The minimum Gasteiger partial charge on any atom is -0.461 e. The molecular formula is C19H28N2O5. The Labute approximate surface area is 154 Å². The molecule has 0 saturated carbocycles. The van der Waals surface area contributed by atoms with E-state index in [1.54, 1.807) is 38.1 Å². The maximum Gasteiger partial charge on any atom is 0.333 e. The molecule has 1 rings (SSSR count). The normalized spacial score (nSPS) is 13.0. The summed E-state index contributed by atoms with van der Waals surface area (Å²) in [6, 6.07) is 7.88. The maximum absolute atomic E-state index is 12.7. The minimum absolute atomic E-state index is 0.129. The zero-order valence-corrected chi connectivity index (χ0v) is 15.6. The molecule has 0 radical (unpaired) electrons. The quantitative estimate of drug-likeness (QED) is 0.272. The van der Waals surface area contributed by atoms with E-state index < -0.39 is 23.8 Å². The van der Waals surface area contributed by atoms with Crippen LogP contribution in [0.15, 0.2) is 30.3 Å². The maximum atomic E-state index is 12.7. The number of carbonyl (C=O) groups is 3. The average Bonchev–Trinajstić information content (AvgIpc) is 2.62. The molecule has 1 aromatic rings. The Balaban J connectivity index is 2.96. The van der Waals surface area contributed by atoms with Crippen LogP contribution >= 0.6 is 0 Å². The predicted octanol–water partition coefficient (Wildman–Crippen LogP) is 2.45. The van der Waals surface area contributed by atoms with Crippen LogP contribution in [0.3, 0.4) is 0 Å². The molecule has 2 atom stereocenters. The molecule has 2 unspecified atom stereocenters. The lowest BCUT2D eigenvalue weighted by molar-refractivity contribution is -0.157. The van der Waals surface area contributed by atoms with Crippen molar-refractivity contribution >= 4 is 18.3 Å². The molecule has 0 saturated heterocycles. The number of nitrogens with zero attached hydrogens (tertiary/aromatic N) is 1. The number of hydrogen-bond acceptors (Lipinski definition) is 5. The highest BCUT2D eigenvalue weighted by molar-refractivity contribution is 5.87. The van der Waals surface area contributed by atoms with Crippen LogP contribution in [0.1, 0.15) is 51.6 Å². The van der Waals surface area contributed by atoms with Crippen LogP contribution < -0.4 is 5.32 Å². The first-order valence-electron chi connectivity index (χ1n) is 8.85. The van der Waals surface area contributed by atoms with E-state index in [1.165, 1.54) is 0 Å². The highest BCUT2D eigenvalue weighted by Gasteiger charge is 2.29. The molecule has 0 aromatic heterocycles. The molecule has 0 aliphatic rings. The largest absolute Gasteiger partial charge is 0.461 e. The van der Waals surface area contributed by atoms with Gasteiger partial charge in [0.2, 0.25) is 12.3 Å². The van der Waals surface area contributed by atoms with Crippen LogP contribution in [-0.4, -0.2) is 41.2 Å². The third kappa shape index (κ3) is 7.23. The number of benzene rings is 1. The highest BCUT2D eigenvalue weighted by atomic mass is 16.5. The Bertz CT molecular complexity index is 577. The second kappa shape index (κ2) is 11.3. The van der Waals surface area contributed by atoms with Gasteiger partial charge in [-0.05, 0) is 25.8 Å². The van der Waals surface area contributed by atoms with Crippen molar-refractivity contribution in [1.29, 1.82) is 0 Å². The van der Waals surface area contributed by atoms with E-state index in [0.29, 0.717) is 17.0 Å². The van der Waals surface area contributed by atoms with E-state index >= 15 is 0 Å².